The van der Waals surface area contributed by atoms with Crippen molar-refractivity contribution < 1.29 is 34.4 Å². The van der Waals surface area contributed by atoms with Gasteiger partial charge in [-0.2, -0.15) is 0 Å². The normalized spacial score (nSPS) is 10.2. The molecule has 102 valence electrons. The lowest BCUT2D eigenvalue weighted by Crippen LogP contribution is -2.16. The molecule has 1 amide bonds. The van der Waals surface area contributed by atoms with Crippen molar-refractivity contribution in [2.45, 2.75) is 0 Å². The third-order valence-corrected chi connectivity index (χ3v) is 1.75. The third-order valence-electron chi connectivity index (χ3n) is 1.75. The zero-order valence-electron chi connectivity index (χ0n) is 9.48. The molecule has 0 unspecified atom stereocenters. The van der Waals surface area contributed by atoms with Gasteiger partial charge in [-0.15, -0.1) is 0 Å². The highest BCUT2D eigenvalue weighted by Crippen LogP contribution is 2.27. The molecule has 0 heterocycles. The van der Waals surface area contributed by atoms with Crippen LogP contribution in [0.2, 0.25) is 0 Å². The zero-order valence-corrected chi connectivity index (χ0v) is 9.48. The first-order chi connectivity index (χ1) is 9.02. The van der Waals surface area contributed by atoms with Gasteiger partial charge in [-0.05, 0) is 18.2 Å². The van der Waals surface area contributed by atoms with Crippen molar-refractivity contribution in [3.8, 4) is 11.5 Å². The van der Waals surface area contributed by atoms with Gasteiger partial charge in [0.2, 0.25) is 5.75 Å². The van der Waals surface area contributed by atoms with Crippen molar-refractivity contribution in [3.63, 3.8) is 0 Å². The minimum Gasteiger partial charge on any atom is -0.449 e. The first-order valence-corrected chi connectivity index (χ1v) is 4.83. The summed E-state index contributed by atoms with van der Waals surface area (Å²) in [5.41, 5.74) is 5.23. The second kappa shape index (κ2) is 6.81. The summed E-state index contributed by atoms with van der Waals surface area (Å²) in [4.78, 5) is 29.2. The van der Waals surface area contributed by atoms with Gasteiger partial charge in [-0.1, -0.05) is 5.16 Å². The fourth-order valence-electron chi connectivity index (χ4n) is 1.05. The van der Waals surface area contributed by atoms with Crippen LogP contribution in [0.25, 0.3) is 0 Å². The molecule has 9 nitrogen and oxygen atoms in total. The Kier molecular flexibility index (Phi) is 5.11. The molecule has 0 aliphatic heterocycles. The molecule has 4 N–H and O–H groups in total. The number of carbonyl (C=O) groups excluding carboxylic acids is 1. The fourth-order valence-corrected chi connectivity index (χ4v) is 1.05. The van der Waals surface area contributed by atoms with Crippen LogP contribution in [0.4, 0.5) is 4.79 Å². The molecule has 0 spiro atoms. The number of oxime groups is 1. The smallest absolute Gasteiger partial charge is 0.449 e. The Morgan fingerprint density at radius 2 is 2.11 bits per heavy atom. The van der Waals surface area contributed by atoms with Crippen molar-refractivity contribution in [2.75, 3.05) is 6.61 Å². The molecule has 1 aromatic carbocycles. The quantitative estimate of drug-likeness (QED) is 0.224. The molecule has 0 saturated heterocycles. The van der Waals surface area contributed by atoms with Crippen LogP contribution in [-0.4, -0.2) is 35.2 Å². The number of benzene rings is 1. The molecule has 0 aliphatic carbocycles. The number of rotatable bonds is 6. The molecular weight excluding hydrogens is 260 g/mol. The Morgan fingerprint density at radius 1 is 1.37 bits per heavy atom. The van der Waals surface area contributed by atoms with E-state index < -0.39 is 12.1 Å². The molecule has 9 heteroatoms. The standard InChI is InChI=1S/C10H10N2O7/c11-9(13)5-17-12-4-6-1-2-7(18-10(14)15)8(3-6)19-16/h1-4,16H,5H2,(H2,11,13)(H,14,15)/b12-4-. The van der Waals surface area contributed by atoms with Crippen LogP contribution in [0.5, 0.6) is 11.5 Å². The van der Waals surface area contributed by atoms with Crippen LogP contribution in [0, 0.1) is 0 Å². The van der Waals surface area contributed by atoms with E-state index in [0.717, 1.165) is 0 Å². The van der Waals surface area contributed by atoms with Gasteiger partial charge in [-0.25, -0.2) is 10.1 Å². The number of carbonyl (C=O) groups is 2. The second-order valence-electron chi connectivity index (χ2n) is 3.14. The molecule has 0 fully saturated rings. The predicted molar refractivity (Wildman–Crippen MR) is 61.1 cm³/mol. The van der Waals surface area contributed by atoms with E-state index in [0.29, 0.717) is 5.56 Å². The Hall–Kier alpha value is -2.81. The highest BCUT2D eigenvalue weighted by molar-refractivity contribution is 5.81. The molecule has 0 bridgehead atoms. The number of nitrogens with two attached hydrogens (primary N) is 1. The molecule has 0 saturated carbocycles. The summed E-state index contributed by atoms with van der Waals surface area (Å²) < 4.78 is 4.34. The van der Waals surface area contributed by atoms with E-state index >= 15 is 0 Å². The molecule has 0 radical (unpaired) electrons. The van der Waals surface area contributed by atoms with Crippen LogP contribution in [0.15, 0.2) is 23.4 Å². The van der Waals surface area contributed by atoms with Crippen LogP contribution in [0.1, 0.15) is 5.56 Å². The summed E-state index contributed by atoms with van der Waals surface area (Å²) >= 11 is 0. The Morgan fingerprint density at radius 3 is 2.68 bits per heavy atom. The van der Waals surface area contributed by atoms with E-state index in [-0.39, 0.29) is 18.1 Å². The van der Waals surface area contributed by atoms with E-state index in [1.165, 1.54) is 24.4 Å². The van der Waals surface area contributed by atoms with Gasteiger partial charge in [0, 0.05) is 5.56 Å². The number of carboxylic acid groups (broad SMARTS) is 1. The summed E-state index contributed by atoms with van der Waals surface area (Å²) in [6.45, 7) is -0.375. The van der Waals surface area contributed by atoms with Crippen LogP contribution >= 0.6 is 0 Å². The maximum atomic E-state index is 10.4. The summed E-state index contributed by atoms with van der Waals surface area (Å²) in [7, 11) is 0. The minimum atomic E-state index is -1.55. The van der Waals surface area contributed by atoms with Crippen molar-refractivity contribution in [1.29, 1.82) is 0 Å². The van der Waals surface area contributed by atoms with Crippen molar-refractivity contribution in [2.24, 2.45) is 10.9 Å². The first-order valence-electron chi connectivity index (χ1n) is 4.83. The van der Waals surface area contributed by atoms with Gasteiger partial charge >= 0.3 is 6.16 Å². The van der Waals surface area contributed by atoms with Gasteiger partial charge in [0.15, 0.2) is 12.4 Å². The van der Waals surface area contributed by atoms with E-state index in [9.17, 15) is 9.59 Å². The maximum absolute atomic E-state index is 10.4. The second-order valence-corrected chi connectivity index (χ2v) is 3.14. The molecular formula is C10H10N2O7. The average Bonchev–Trinajstić information content (AvgIpc) is 2.35. The third kappa shape index (κ3) is 4.91. The van der Waals surface area contributed by atoms with E-state index in [1.54, 1.807) is 0 Å². The topological polar surface area (TPSA) is 141 Å². The average molecular weight is 270 g/mol. The number of ether oxygens (including phenoxy) is 1. The number of amides is 1. The van der Waals surface area contributed by atoms with Crippen LogP contribution in [0.3, 0.4) is 0 Å². The minimum absolute atomic E-state index is 0.190. The summed E-state index contributed by atoms with van der Waals surface area (Å²) in [5.74, 6) is -1.09. The molecule has 0 atom stereocenters. The molecule has 1 rings (SSSR count). The molecule has 0 aliphatic rings. The Bertz CT molecular complexity index is 501. The molecule has 1 aromatic rings. The lowest BCUT2D eigenvalue weighted by atomic mass is 10.2. The molecule has 19 heavy (non-hydrogen) atoms. The number of primary amides is 1. The Balaban J connectivity index is 2.76. The summed E-state index contributed by atoms with van der Waals surface area (Å²) in [5, 5.41) is 20.4. The van der Waals surface area contributed by atoms with Crippen molar-refractivity contribution in [1.82, 2.24) is 0 Å². The van der Waals surface area contributed by atoms with Gasteiger partial charge in [0.05, 0.1) is 6.21 Å². The lowest BCUT2D eigenvalue weighted by Gasteiger charge is -2.05. The Labute approximate surface area is 106 Å². The zero-order chi connectivity index (χ0) is 14.3. The monoisotopic (exact) mass is 270 g/mol. The highest BCUT2D eigenvalue weighted by atomic mass is 17.1. The van der Waals surface area contributed by atoms with E-state index in [2.05, 4.69) is 19.6 Å². The lowest BCUT2D eigenvalue weighted by molar-refractivity contribution is -0.138. The predicted octanol–water partition coefficient (Wildman–Crippen LogP) is 0.431. The van der Waals surface area contributed by atoms with Gasteiger partial charge in [0.25, 0.3) is 5.91 Å². The van der Waals surface area contributed by atoms with E-state index in [4.69, 9.17) is 16.1 Å². The number of nitrogens with zero attached hydrogens (tertiary/aromatic N) is 1. The largest absolute Gasteiger partial charge is 0.511 e. The number of hydrogen-bond acceptors (Lipinski definition) is 7. The van der Waals surface area contributed by atoms with Gasteiger partial charge in [0.1, 0.15) is 0 Å². The van der Waals surface area contributed by atoms with Crippen LogP contribution < -0.4 is 15.4 Å². The fraction of sp³-hybridized carbons (Fsp3) is 0.100. The van der Waals surface area contributed by atoms with Gasteiger partial charge < -0.3 is 25.3 Å². The van der Waals surface area contributed by atoms with E-state index in [1.807, 2.05) is 0 Å². The molecule has 0 aromatic heterocycles. The maximum Gasteiger partial charge on any atom is 0.511 e. The highest BCUT2D eigenvalue weighted by Gasteiger charge is 2.10. The first kappa shape index (κ1) is 14.3. The van der Waals surface area contributed by atoms with Crippen LogP contribution in [-0.2, 0) is 9.63 Å². The summed E-state index contributed by atoms with van der Waals surface area (Å²) in [6.07, 6.45) is -0.347. The SMILES string of the molecule is NC(=O)CO/N=C\c1ccc(OC(=O)O)c(OO)c1. The summed E-state index contributed by atoms with van der Waals surface area (Å²) in [6, 6.07) is 3.92. The number of hydrogen-bond donors (Lipinski definition) is 3. The van der Waals surface area contributed by atoms with Crippen molar-refractivity contribution >= 4 is 18.3 Å². The van der Waals surface area contributed by atoms with Crippen molar-refractivity contribution in [3.05, 3.63) is 23.8 Å². The van der Waals surface area contributed by atoms with Gasteiger partial charge in [-0.3, -0.25) is 4.79 Å².